The van der Waals surface area contributed by atoms with Gasteiger partial charge in [0, 0.05) is 16.5 Å². The lowest BCUT2D eigenvalue weighted by molar-refractivity contribution is -0.140. The van der Waals surface area contributed by atoms with Crippen LogP contribution in [-0.4, -0.2) is 27.4 Å². The van der Waals surface area contributed by atoms with E-state index >= 15 is 0 Å². The molecule has 1 heterocycles. The number of carboxylic acid groups (broad SMARTS) is 1. The minimum absolute atomic E-state index is 0.623. The van der Waals surface area contributed by atoms with Gasteiger partial charge in [0.05, 0.1) is 12.1 Å². The summed E-state index contributed by atoms with van der Waals surface area (Å²) in [4.78, 5) is 17.7. The van der Waals surface area contributed by atoms with Crippen LogP contribution in [0.2, 0.25) is 0 Å². The Hall–Kier alpha value is -2.53. The Kier molecular flexibility index (Phi) is 7.38. The van der Waals surface area contributed by atoms with E-state index in [1.165, 1.54) is 11.8 Å². The molecule has 3 aromatic rings. The molecule has 0 bridgehead atoms. The summed E-state index contributed by atoms with van der Waals surface area (Å²) in [6, 6.07) is 16.1. The molecule has 0 saturated heterocycles. The van der Waals surface area contributed by atoms with Crippen molar-refractivity contribution in [2.45, 2.75) is 56.1 Å². The maximum absolute atomic E-state index is 12.3. The van der Waals surface area contributed by atoms with Gasteiger partial charge in [-0.1, -0.05) is 44.9 Å². The molecule has 0 amide bonds. The average molecular weight is 424 g/mol. The monoisotopic (exact) mass is 423 g/mol. The van der Waals surface area contributed by atoms with Gasteiger partial charge in [-0.2, -0.15) is 0 Å². The summed E-state index contributed by atoms with van der Waals surface area (Å²) in [6.07, 6.45) is 4.71. The summed E-state index contributed by atoms with van der Waals surface area (Å²) < 4.78 is 4.83. The lowest BCUT2D eigenvalue weighted by Gasteiger charge is -2.28. The molecule has 0 aliphatic carbocycles. The molecule has 4 nitrogen and oxygen atoms in total. The predicted molar refractivity (Wildman–Crippen MR) is 124 cm³/mol. The van der Waals surface area contributed by atoms with Crippen LogP contribution in [0.4, 0.5) is 0 Å². The maximum atomic E-state index is 12.3. The third kappa shape index (κ3) is 4.78. The summed E-state index contributed by atoms with van der Waals surface area (Å²) in [5.74, 6) is 0.105. The number of benzene rings is 2. The van der Waals surface area contributed by atoms with Gasteiger partial charge in [0.25, 0.3) is 0 Å². The molecular formula is C25H29NO3S. The van der Waals surface area contributed by atoms with Crippen LogP contribution in [0.1, 0.15) is 46.5 Å². The number of rotatable bonds is 10. The molecule has 0 unspecified atom stereocenters. The first kappa shape index (κ1) is 22.2. The number of nitrogens with zero attached hydrogens (tertiary/aromatic N) is 1. The average Bonchev–Trinajstić information content (AvgIpc) is 2.74. The highest BCUT2D eigenvalue weighted by atomic mass is 32.2. The Morgan fingerprint density at radius 1 is 1.03 bits per heavy atom. The fourth-order valence-corrected chi connectivity index (χ4v) is 5.35. The van der Waals surface area contributed by atoms with E-state index in [0.29, 0.717) is 19.4 Å². The topological polar surface area (TPSA) is 59.4 Å². The highest BCUT2D eigenvalue weighted by Gasteiger charge is 2.38. The van der Waals surface area contributed by atoms with Crippen molar-refractivity contribution in [3.8, 4) is 16.9 Å². The number of carbonyl (C=O) groups is 1. The molecule has 0 aliphatic rings. The molecule has 158 valence electrons. The zero-order valence-corrected chi connectivity index (χ0v) is 18.7. The molecule has 1 aromatic heterocycles. The van der Waals surface area contributed by atoms with Crippen molar-refractivity contribution >= 4 is 28.6 Å². The lowest BCUT2D eigenvalue weighted by Crippen LogP contribution is -2.34. The van der Waals surface area contributed by atoms with Gasteiger partial charge >= 0.3 is 5.97 Å². The summed E-state index contributed by atoms with van der Waals surface area (Å²) in [5, 5.41) is 11.1. The van der Waals surface area contributed by atoms with Crippen molar-refractivity contribution in [1.29, 1.82) is 0 Å². The zero-order chi connectivity index (χ0) is 21.6. The fourth-order valence-electron chi connectivity index (χ4n) is 3.82. The molecule has 3 rings (SSSR count). The van der Waals surface area contributed by atoms with Gasteiger partial charge in [-0.25, -0.2) is 0 Å². The zero-order valence-electron chi connectivity index (χ0n) is 17.9. The predicted octanol–water partition coefficient (Wildman–Crippen LogP) is 6.82. The molecule has 2 aromatic carbocycles. The molecule has 5 heteroatoms. The number of ether oxygens (including phenoxy) is 1. The van der Waals surface area contributed by atoms with Crippen LogP contribution in [0.25, 0.3) is 22.0 Å². The summed E-state index contributed by atoms with van der Waals surface area (Å²) >= 11 is 1.47. The number of aliphatic carboxylic acids is 1. The van der Waals surface area contributed by atoms with Gasteiger partial charge in [0.2, 0.25) is 0 Å². The van der Waals surface area contributed by atoms with Crippen molar-refractivity contribution in [3.63, 3.8) is 0 Å². The van der Waals surface area contributed by atoms with E-state index in [9.17, 15) is 9.90 Å². The SMILES string of the molecule is CCCC(CCC)(Sc1ccnc2ccc(-c3cccc(OCC)c3)cc12)C(=O)O. The third-order valence-electron chi connectivity index (χ3n) is 5.18. The first-order chi connectivity index (χ1) is 14.5. The van der Waals surface area contributed by atoms with Gasteiger partial charge in [-0.05, 0) is 61.2 Å². The normalized spacial score (nSPS) is 11.6. The summed E-state index contributed by atoms with van der Waals surface area (Å²) in [7, 11) is 0. The smallest absolute Gasteiger partial charge is 0.320 e. The van der Waals surface area contributed by atoms with Crippen LogP contribution in [0.3, 0.4) is 0 Å². The molecule has 0 fully saturated rings. The Morgan fingerprint density at radius 3 is 2.43 bits per heavy atom. The van der Waals surface area contributed by atoms with E-state index in [4.69, 9.17) is 4.74 Å². The largest absolute Gasteiger partial charge is 0.494 e. The van der Waals surface area contributed by atoms with Gasteiger partial charge < -0.3 is 9.84 Å². The van der Waals surface area contributed by atoms with E-state index in [2.05, 4.69) is 23.2 Å². The number of hydrogen-bond donors (Lipinski definition) is 1. The van der Waals surface area contributed by atoms with Crippen molar-refractivity contribution < 1.29 is 14.6 Å². The van der Waals surface area contributed by atoms with Crippen LogP contribution in [0.15, 0.2) is 59.6 Å². The van der Waals surface area contributed by atoms with Gasteiger partial charge in [-0.3, -0.25) is 9.78 Å². The van der Waals surface area contributed by atoms with E-state index in [-0.39, 0.29) is 0 Å². The third-order valence-corrected chi connectivity index (χ3v) is 6.73. The van der Waals surface area contributed by atoms with Crippen LogP contribution < -0.4 is 4.74 Å². The Morgan fingerprint density at radius 2 is 1.77 bits per heavy atom. The van der Waals surface area contributed by atoms with Crippen LogP contribution in [-0.2, 0) is 4.79 Å². The molecule has 1 N–H and O–H groups in total. The number of aromatic nitrogens is 1. The maximum Gasteiger partial charge on any atom is 0.320 e. The molecule has 0 radical (unpaired) electrons. The molecule has 0 spiro atoms. The summed E-state index contributed by atoms with van der Waals surface area (Å²) in [6.45, 7) is 6.68. The molecular weight excluding hydrogens is 394 g/mol. The van der Waals surface area contributed by atoms with Crippen molar-refractivity contribution in [2.24, 2.45) is 0 Å². The van der Waals surface area contributed by atoms with Crippen LogP contribution >= 0.6 is 11.8 Å². The highest BCUT2D eigenvalue weighted by molar-refractivity contribution is 8.01. The van der Waals surface area contributed by atoms with E-state index in [1.807, 2.05) is 51.1 Å². The minimum atomic E-state index is -0.817. The van der Waals surface area contributed by atoms with Crippen molar-refractivity contribution in [3.05, 3.63) is 54.7 Å². The second-order valence-electron chi connectivity index (χ2n) is 7.40. The van der Waals surface area contributed by atoms with Crippen LogP contribution in [0.5, 0.6) is 5.75 Å². The Bertz CT molecular complexity index is 1010. The number of fused-ring (bicyclic) bond motifs is 1. The summed E-state index contributed by atoms with van der Waals surface area (Å²) in [5.41, 5.74) is 3.00. The Labute approximate surface area is 182 Å². The van der Waals surface area contributed by atoms with Gasteiger partial charge in [-0.15, -0.1) is 11.8 Å². The van der Waals surface area contributed by atoms with Crippen LogP contribution in [0, 0.1) is 0 Å². The number of hydrogen-bond acceptors (Lipinski definition) is 4. The quantitative estimate of drug-likeness (QED) is 0.363. The number of thioether (sulfide) groups is 1. The molecule has 0 aliphatic heterocycles. The fraction of sp³-hybridized carbons (Fsp3) is 0.360. The first-order valence-corrected chi connectivity index (χ1v) is 11.4. The van der Waals surface area contributed by atoms with Gasteiger partial charge in [0.1, 0.15) is 10.5 Å². The van der Waals surface area contributed by atoms with Crippen molar-refractivity contribution in [1.82, 2.24) is 4.98 Å². The lowest BCUT2D eigenvalue weighted by atomic mass is 9.97. The first-order valence-electron chi connectivity index (χ1n) is 10.6. The van der Waals surface area contributed by atoms with Crippen molar-refractivity contribution in [2.75, 3.05) is 6.61 Å². The second-order valence-corrected chi connectivity index (χ2v) is 8.83. The minimum Gasteiger partial charge on any atom is -0.494 e. The molecule has 0 atom stereocenters. The molecule has 30 heavy (non-hydrogen) atoms. The van der Waals surface area contributed by atoms with E-state index in [1.54, 1.807) is 6.20 Å². The number of carboxylic acids is 1. The van der Waals surface area contributed by atoms with E-state index in [0.717, 1.165) is 45.5 Å². The number of pyridine rings is 1. The molecule has 0 saturated carbocycles. The highest BCUT2D eigenvalue weighted by Crippen LogP contribution is 2.43. The van der Waals surface area contributed by atoms with Gasteiger partial charge in [0.15, 0.2) is 0 Å². The Balaban J connectivity index is 2.07. The second kappa shape index (κ2) is 9.98. The van der Waals surface area contributed by atoms with E-state index < -0.39 is 10.7 Å². The standard InChI is InChI=1S/C25H29NO3S/c1-4-13-25(14-5-2,24(27)28)30-23-12-15-26-22-11-10-19(17-21(22)23)18-8-7-9-20(16-18)29-6-3/h7-12,15-17H,4-6,13-14H2,1-3H3,(H,27,28).